The second-order valence-corrected chi connectivity index (χ2v) is 6.84. The van der Waals surface area contributed by atoms with Gasteiger partial charge in [-0.1, -0.05) is 11.3 Å². The number of rotatable bonds is 5. The van der Waals surface area contributed by atoms with Crippen molar-refractivity contribution >= 4 is 40.0 Å². The number of anilines is 2. The first-order valence-corrected chi connectivity index (χ1v) is 7.86. The van der Waals surface area contributed by atoms with E-state index < -0.39 is 0 Å². The number of amides is 1. The van der Waals surface area contributed by atoms with E-state index in [1.165, 1.54) is 11.3 Å². The minimum absolute atomic E-state index is 0.100. The van der Waals surface area contributed by atoms with Crippen molar-refractivity contribution in [2.45, 2.75) is 26.3 Å². The summed E-state index contributed by atoms with van der Waals surface area (Å²) in [4.78, 5) is 16.5. The van der Waals surface area contributed by atoms with Gasteiger partial charge in [0.25, 0.3) is 5.91 Å². The van der Waals surface area contributed by atoms with E-state index >= 15 is 0 Å². The number of aromatic nitrogens is 1. The van der Waals surface area contributed by atoms with Crippen LogP contribution < -0.4 is 16.4 Å². The highest BCUT2D eigenvalue weighted by molar-refractivity contribution is 7.98. The second-order valence-electron chi connectivity index (χ2n) is 4.86. The summed E-state index contributed by atoms with van der Waals surface area (Å²) in [6.45, 7) is 6.73. The molecule has 0 fully saturated rings. The molecule has 0 aromatic carbocycles. The quantitative estimate of drug-likeness (QED) is 0.722. The molecule has 0 aliphatic carbocycles. The van der Waals surface area contributed by atoms with Crippen molar-refractivity contribution in [2.75, 3.05) is 29.6 Å². The van der Waals surface area contributed by atoms with E-state index in [1.807, 2.05) is 27.0 Å². The first-order valence-electron chi connectivity index (χ1n) is 5.65. The fraction of sp³-hybridized carbons (Fsp3) is 0.636. The molecule has 1 aromatic rings. The van der Waals surface area contributed by atoms with Crippen LogP contribution >= 0.6 is 23.1 Å². The number of nitrogens with two attached hydrogens (primary N) is 1. The van der Waals surface area contributed by atoms with Gasteiger partial charge in [0.05, 0.1) is 0 Å². The third-order valence-corrected chi connectivity index (χ3v) is 3.53. The summed E-state index contributed by atoms with van der Waals surface area (Å²) >= 11 is 2.97. The molecule has 0 radical (unpaired) electrons. The fourth-order valence-electron chi connectivity index (χ4n) is 1.22. The second kappa shape index (κ2) is 6.29. The van der Waals surface area contributed by atoms with Crippen molar-refractivity contribution in [1.29, 1.82) is 0 Å². The Morgan fingerprint density at radius 2 is 2.17 bits per heavy atom. The van der Waals surface area contributed by atoms with Crippen LogP contribution in [0, 0.1) is 0 Å². The third-order valence-electron chi connectivity index (χ3n) is 1.93. The lowest BCUT2D eigenvalue weighted by Crippen LogP contribution is -2.26. The molecule has 1 amide bonds. The summed E-state index contributed by atoms with van der Waals surface area (Å²) in [5, 5.41) is 6.70. The number of thiazole rings is 1. The van der Waals surface area contributed by atoms with Crippen molar-refractivity contribution in [3.63, 3.8) is 0 Å². The molecule has 0 bridgehead atoms. The normalized spacial score (nSPS) is 11.3. The number of nitrogens with zero attached hydrogens (tertiary/aromatic N) is 1. The smallest absolute Gasteiger partial charge is 0.265 e. The van der Waals surface area contributed by atoms with Crippen LogP contribution in [0.5, 0.6) is 0 Å². The van der Waals surface area contributed by atoms with E-state index in [0.29, 0.717) is 16.6 Å². The van der Waals surface area contributed by atoms with Crippen LogP contribution in [-0.2, 0) is 0 Å². The predicted molar refractivity (Wildman–Crippen MR) is 80.6 cm³/mol. The Balaban J connectivity index is 2.69. The first-order chi connectivity index (χ1) is 8.33. The van der Waals surface area contributed by atoms with Crippen molar-refractivity contribution in [3.8, 4) is 0 Å². The molecule has 0 saturated heterocycles. The van der Waals surface area contributed by atoms with Crippen LogP contribution in [0.15, 0.2) is 0 Å². The summed E-state index contributed by atoms with van der Waals surface area (Å²) in [5.74, 6) is 1.02. The summed E-state index contributed by atoms with van der Waals surface area (Å²) in [6.07, 6.45) is 2.00. The molecule has 0 aliphatic rings. The highest BCUT2D eigenvalue weighted by Crippen LogP contribution is 2.26. The van der Waals surface area contributed by atoms with Crippen LogP contribution in [0.2, 0.25) is 0 Å². The average molecular weight is 288 g/mol. The number of hydrogen-bond acceptors (Lipinski definition) is 6. The number of carbonyl (C=O) groups excluding carboxylic acids is 1. The SMILES string of the molecule is CSCCNC(=O)c1sc(NC(C)(C)C)nc1N. The van der Waals surface area contributed by atoms with Gasteiger partial charge in [0.1, 0.15) is 10.7 Å². The van der Waals surface area contributed by atoms with Gasteiger partial charge in [0, 0.05) is 17.8 Å². The first kappa shape index (κ1) is 15.1. The Labute approximate surface area is 116 Å². The molecule has 1 heterocycles. The van der Waals surface area contributed by atoms with Gasteiger partial charge in [-0.05, 0) is 27.0 Å². The minimum atomic E-state index is -0.152. The minimum Gasteiger partial charge on any atom is -0.382 e. The molecular weight excluding hydrogens is 268 g/mol. The molecule has 18 heavy (non-hydrogen) atoms. The highest BCUT2D eigenvalue weighted by Gasteiger charge is 2.18. The van der Waals surface area contributed by atoms with Gasteiger partial charge in [-0.2, -0.15) is 11.8 Å². The Morgan fingerprint density at radius 1 is 1.50 bits per heavy atom. The van der Waals surface area contributed by atoms with E-state index in [1.54, 1.807) is 11.8 Å². The molecule has 0 unspecified atom stereocenters. The number of carbonyl (C=O) groups is 1. The van der Waals surface area contributed by atoms with Gasteiger partial charge in [0.15, 0.2) is 5.13 Å². The lowest BCUT2D eigenvalue weighted by Gasteiger charge is -2.19. The fourth-order valence-corrected chi connectivity index (χ4v) is 2.53. The van der Waals surface area contributed by atoms with Crippen LogP contribution in [0.25, 0.3) is 0 Å². The van der Waals surface area contributed by atoms with Gasteiger partial charge in [0.2, 0.25) is 0 Å². The maximum atomic E-state index is 11.9. The van der Waals surface area contributed by atoms with E-state index in [0.717, 1.165) is 5.75 Å². The molecular formula is C11H20N4OS2. The molecule has 0 saturated carbocycles. The average Bonchev–Trinajstić information content (AvgIpc) is 2.57. The van der Waals surface area contributed by atoms with Gasteiger partial charge in [-0.25, -0.2) is 4.98 Å². The van der Waals surface area contributed by atoms with E-state index in [4.69, 9.17) is 5.73 Å². The van der Waals surface area contributed by atoms with Gasteiger partial charge >= 0.3 is 0 Å². The maximum absolute atomic E-state index is 11.9. The molecule has 0 spiro atoms. The zero-order chi connectivity index (χ0) is 13.8. The molecule has 5 nitrogen and oxygen atoms in total. The van der Waals surface area contributed by atoms with E-state index in [-0.39, 0.29) is 17.3 Å². The molecule has 7 heteroatoms. The Kier molecular flexibility index (Phi) is 5.28. The standard InChI is InChI=1S/C11H20N4OS2/c1-11(2,3)15-10-14-8(12)7(18-10)9(16)13-5-6-17-4/h5-6,12H2,1-4H3,(H,13,16)(H,14,15). The van der Waals surface area contributed by atoms with Crippen molar-refractivity contribution < 1.29 is 4.79 Å². The van der Waals surface area contributed by atoms with Crippen molar-refractivity contribution in [2.24, 2.45) is 0 Å². The summed E-state index contributed by atoms with van der Waals surface area (Å²) in [6, 6.07) is 0. The van der Waals surface area contributed by atoms with Gasteiger partial charge < -0.3 is 16.4 Å². The van der Waals surface area contributed by atoms with E-state index in [9.17, 15) is 4.79 Å². The van der Waals surface area contributed by atoms with E-state index in [2.05, 4.69) is 15.6 Å². The monoisotopic (exact) mass is 288 g/mol. The van der Waals surface area contributed by atoms with Crippen LogP contribution in [0.1, 0.15) is 30.4 Å². The van der Waals surface area contributed by atoms with Crippen LogP contribution in [0.3, 0.4) is 0 Å². The molecule has 1 aromatic heterocycles. The number of nitrogen functional groups attached to an aromatic ring is 1. The zero-order valence-electron chi connectivity index (χ0n) is 11.2. The lowest BCUT2D eigenvalue weighted by molar-refractivity contribution is 0.0961. The Hall–Kier alpha value is -0.950. The topological polar surface area (TPSA) is 80.0 Å². The third kappa shape index (κ3) is 4.73. The van der Waals surface area contributed by atoms with Gasteiger partial charge in [-0.3, -0.25) is 4.79 Å². The predicted octanol–water partition coefficient (Wildman–Crippen LogP) is 2.03. The zero-order valence-corrected chi connectivity index (χ0v) is 12.8. The largest absolute Gasteiger partial charge is 0.382 e. The summed E-state index contributed by atoms with van der Waals surface area (Å²) in [7, 11) is 0. The molecule has 1 rings (SSSR count). The van der Waals surface area contributed by atoms with Crippen molar-refractivity contribution in [3.05, 3.63) is 4.88 Å². The van der Waals surface area contributed by atoms with Crippen LogP contribution in [-0.4, -0.2) is 35.0 Å². The summed E-state index contributed by atoms with van der Waals surface area (Å²) in [5.41, 5.74) is 5.66. The van der Waals surface area contributed by atoms with Crippen LogP contribution in [0.4, 0.5) is 10.9 Å². The van der Waals surface area contributed by atoms with Gasteiger partial charge in [-0.15, -0.1) is 0 Å². The molecule has 4 N–H and O–H groups in total. The molecule has 0 atom stereocenters. The molecule has 102 valence electrons. The Morgan fingerprint density at radius 3 is 2.72 bits per heavy atom. The molecule has 0 aliphatic heterocycles. The maximum Gasteiger partial charge on any atom is 0.265 e. The Bertz CT molecular complexity index is 412. The lowest BCUT2D eigenvalue weighted by atomic mass is 10.1. The number of nitrogens with one attached hydrogen (secondary N) is 2. The number of thioether (sulfide) groups is 1. The van der Waals surface area contributed by atoms with Crippen molar-refractivity contribution in [1.82, 2.24) is 10.3 Å². The summed E-state index contributed by atoms with van der Waals surface area (Å²) < 4.78 is 0. The number of hydrogen-bond donors (Lipinski definition) is 3. The highest BCUT2D eigenvalue weighted by atomic mass is 32.2.